The van der Waals surface area contributed by atoms with Crippen LogP contribution in [0.5, 0.6) is 5.75 Å². The van der Waals surface area contributed by atoms with Gasteiger partial charge >= 0.3 is 0 Å². The van der Waals surface area contributed by atoms with Crippen molar-refractivity contribution in [1.29, 1.82) is 0 Å². The maximum atomic E-state index is 12.2. The highest BCUT2D eigenvalue weighted by Crippen LogP contribution is 2.10. The molecule has 0 radical (unpaired) electrons. The predicted octanol–water partition coefficient (Wildman–Crippen LogP) is 0.161. The van der Waals surface area contributed by atoms with Gasteiger partial charge in [0.1, 0.15) is 5.75 Å². The van der Waals surface area contributed by atoms with Gasteiger partial charge in [0.05, 0.1) is 7.11 Å². The molecule has 0 atom stereocenters. The van der Waals surface area contributed by atoms with Gasteiger partial charge in [-0.25, -0.2) is 0 Å². The molecule has 9 nitrogen and oxygen atoms in total. The average Bonchev–Trinajstić information content (AvgIpc) is 2.74. The highest BCUT2D eigenvalue weighted by Gasteiger charge is 2.22. The number of methoxy groups -OCH3 is 1. The number of benzene rings is 1. The van der Waals surface area contributed by atoms with Crippen LogP contribution in [0.1, 0.15) is 25.3 Å². The van der Waals surface area contributed by atoms with Gasteiger partial charge in [0.2, 0.25) is 17.7 Å². The van der Waals surface area contributed by atoms with Gasteiger partial charge in [0.15, 0.2) is 5.11 Å². The van der Waals surface area contributed by atoms with E-state index >= 15 is 0 Å². The van der Waals surface area contributed by atoms with Crippen LogP contribution in [0.4, 0.5) is 0 Å². The molecular weight excluding hydrogens is 394 g/mol. The Morgan fingerprint density at radius 2 is 1.62 bits per heavy atom. The molecule has 0 unspecified atom stereocenters. The molecule has 1 saturated heterocycles. The summed E-state index contributed by atoms with van der Waals surface area (Å²) < 4.78 is 5.10. The molecule has 1 fully saturated rings. The molecule has 3 amide bonds. The summed E-state index contributed by atoms with van der Waals surface area (Å²) in [5.74, 6) is 0.369. The number of ether oxygens (including phenoxy) is 1. The van der Waals surface area contributed by atoms with E-state index in [0.717, 1.165) is 11.3 Å². The Kier molecular flexibility index (Phi) is 8.66. The van der Waals surface area contributed by atoms with Gasteiger partial charge in [-0.1, -0.05) is 12.1 Å². The van der Waals surface area contributed by atoms with E-state index in [2.05, 4.69) is 16.2 Å². The van der Waals surface area contributed by atoms with E-state index in [4.69, 9.17) is 17.0 Å². The first-order valence-electron chi connectivity index (χ1n) is 9.38. The zero-order chi connectivity index (χ0) is 21.2. The first kappa shape index (κ1) is 22.4. The fourth-order valence-electron chi connectivity index (χ4n) is 2.81. The van der Waals surface area contributed by atoms with Crippen LogP contribution < -0.4 is 20.9 Å². The molecular formula is C19H27N5O4S. The van der Waals surface area contributed by atoms with Crippen molar-refractivity contribution in [2.75, 3.05) is 33.3 Å². The van der Waals surface area contributed by atoms with Gasteiger partial charge in [-0.05, 0) is 29.9 Å². The second-order valence-corrected chi connectivity index (χ2v) is 7.00. The number of piperazine rings is 1. The SMILES string of the molecule is COc1ccc(CNC(=S)NNC(=O)CCC(=O)N2CCN(C(C)=O)CC2)cc1. The minimum absolute atomic E-state index is 0.0131. The van der Waals surface area contributed by atoms with E-state index in [1.54, 1.807) is 16.9 Å². The maximum Gasteiger partial charge on any atom is 0.238 e. The number of amides is 3. The fraction of sp³-hybridized carbons (Fsp3) is 0.474. The summed E-state index contributed by atoms with van der Waals surface area (Å²) in [5, 5.41) is 3.26. The Morgan fingerprint density at radius 1 is 1.00 bits per heavy atom. The van der Waals surface area contributed by atoms with Gasteiger partial charge in [-0.3, -0.25) is 25.2 Å². The standard InChI is InChI=1S/C19H27N5O4S/c1-14(25)23-9-11-24(12-10-23)18(27)8-7-17(26)21-22-19(29)20-13-15-3-5-16(28-2)6-4-15/h3-6H,7-13H2,1-2H3,(H,21,26)(H2,20,22,29). The number of carbonyl (C=O) groups excluding carboxylic acids is 3. The third-order valence-corrected chi connectivity index (χ3v) is 4.82. The number of carbonyl (C=O) groups is 3. The summed E-state index contributed by atoms with van der Waals surface area (Å²) in [6, 6.07) is 7.53. The Labute approximate surface area is 175 Å². The first-order valence-corrected chi connectivity index (χ1v) is 9.78. The predicted molar refractivity (Wildman–Crippen MR) is 112 cm³/mol. The lowest BCUT2D eigenvalue weighted by atomic mass is 10.2. The summed E-state index contributed by atoms with van der Waals surface area (Å²) in [6.45, 7) is 4.07. The van der Waals surface area contributed by atoms with Crippen LogP contribution in [0, 0.1) is 0 Å². The minimum atomic E-state index is -0.325. The smallest absolute Gasteiger partial charge is 0.238 e. The lowest BCUT2D eigenvalue weighted by Gasteiger charge is -2.34. The average molecular weight is 422 g/mol. The van der Waals surface area contributed by atoms with E-state index in [-0.39, 0.29) is 35.7 Å². The van der Waals surface area contributed by atoms with Crippen LogP contribution in [-0.2, 0) is 20.9 Å². The monoisotopic (exact) mass is 421 g/mol. The van der Waals surface area contributed by atoms with Crippen LogP contribution >= 0.6 is 12.2 Å². The summed E-state index contributed by atoms with van der Waals surface area (Å²) >= 11 is 5.12. The zero-order valence-corrected chi connectivity index (χ0v) is 17.5. The molecule has 0 saturated carbocycles. The van der Waals surface area contributed by atoms with Gasteiger partial charge in [-0.2, -0.15) is 0 Å². The molecule has 10 heteroatoms. The van der Waals surface area contributed by atoms with Gasteiger partial charge in [-0.15, -0.1) is 0 Å². The molecule has 29 heavy (non-hydrogen) atoms. The van der Waals surface area contributed by atoms with Crippen molar-refractivity contribution < 1.29 is 19.1 Å². The van der Waals surface area contributed by atoms with Crippen molar-refractivity contribution >= 4 is 35.1 Å². The van der Waals surface area contributed by atoms with Crippen molar-refractivity contribution in [2.45, 2.75) is 26.3 Å². The largest absolute Gasteiger partial charge is 0.497 e. The van der Waals surface area contributed by atoms with Crippen LogP contribution in [0.25, 0.3) is 0 Å². The Morgan fingerprint density at radius 3 is 2.21 bits per heavy atom. The van der Waals surface area contributed by atoms with E-state index < -0.39 is 0 Å². The zero-order valence-electron chi connectivity index (χ0n) is 16.7. The van der Waals surface area contributed by atoms with E-state index in [1.807, 2.05) is 24.3 Å². The van der Waals surface area contributed by atoms with Gasteiger partial charge < -0.3 is 19.9 Å². The van der Waals surface area contributed by atoms with Crippen LogP contribution in [0.2, 0.25) is 0 Å². The molecule has 2 rings (SSSR count). The molecule has 0 bridgehead atoms. The van der Waals surface area contributed by atoms with Gasteiger partial charge in [0.25, 0.3) is 0 Å². The highest BCUT2D eigenvalue weighted by atomic mass is 32.1. The fourth-order valence-corrected chi connectivity index (χ4v) is 2.93. The molecule has 0 aromatic heterocycles. The third-order valence-electron chi connectivity index (χ3n) is 4.57. The lowest BCUT2D eigenvalue weighted by molar-refractivity contribution is -0.139. The van der Waals surface area contributed by atoms with E-state index in [0.29, 0.717) is 32.7 Å². The van der Waals surface area contributed by atoms with Crippen LogP contribution in [0.3, 0.4) is 0 Å². The Balaban J connectivity index is 1.60. The minimum Gasteiger partial charge on any atom is -0.497 e. The summed E-state index contributed by atoms with van der Waals surface area (Å²) in [7, 11) is 1.61. The Bertz CT molecular complexity index is 733. The topological polar surface area (TPSA) is 103 Å². The number of nitrogens with zero attached hydrogens (tertiary/aromatic N) is 2. The molecule has 1 aliphatic rings. The number of hydrogen-bond acceptors (Lipinski definition) is 5. The van der Waals surface area contributed by atoms with Crippen molar-refractivity contribution in [1.82, 2.24) is 26.0 Å². The molecule has 3 N–H and O–H groups in total. The first-order chi connectivity index (χ1) is 13.9. The number of rotatable bonds is 6. The normalized spacial score (nSPS) is 13.4. The number of nitrogens with one attached hydrogen (secondary N) is 3. The van der Waals surface area contributed by atoms with Crippen molar-refractivity contribution in [3.05, 3.63) is 29.8 Å². The van der Waals surface area contributed by atoms with E-state index in [9.17, 15) is 14.4 Å². The van der Waals surface area contributed by atoms with Crippen molar-refractivity contribution in [3.63, 3.8) is 0 Å². The number of hydrogen-bond donors (Lipinski definition) is 3. The molecule has 1 aliphatic heterocycles. The molecule has 0 spiro atoms. The molecule has 0 aliphatic carbocycles. The Hall–Kier alpha value is -2.88. The molecule has 158 valence electrons. The quantitative estimate of drug-likeness (QED) is 0.444. The lowest BCUT2D eigenvalue weighted by Crippen LogP contribution is -2.50. The van der Waals surface area contributed by atoms with Gasteiger partial charge in [0, 0.05) is 52.5 Å². The maximum absolute atomic E-state index is 12.2. The second-order valence-electron chi connectivity index (χ2n) is 6.59. The third kappa shape index (κ3) is 7.57. The molecule has 1 aromatic rings. The van der Waals surface area contributed by atoms with E-state index in [1.165, 1.54) is 6.92 Å². The highest BCUT2D eigenvalue weighted by molar-refractivity contribution is 7.80. The number of hydrazine groups is 1. The molecule has 1 heterocycles. The molecule has 1 aromatic carbocycles. The van der Waals surface area contributed by atoms with Crippen molar-refractivity contribution in [2.24, 2.45) is 0 Å². The number of thiocarbonyl (C=S) groups is 1. The van der Waals surface area contributed by atoms with Crippen molar-refractivity contribution in [3.8, 4) is 5.75 Å². The second kappa shape index (κ2) is 11.2. The summed E-state index contributed by atoms with van der Waals surface area (Å²) in [4.78, 5) is 38.8. The summed E-state index contributed by atoms with van der Waals surface area (Å²) in [5.41, 5.74) is 6.12. The van der Waals surface area contributed by atoms with Crippen LogP contribution in [-0.4, -0.2) is 65.9 Å². The van der Waals surface area contributed by atoms with Crippen LogP contribution in [0.15, 0.2) is 24.3 Å². The summed E-state index contributed by atoms with van der Waals surface area (Å²) in [6.07, 6.45) is 0.166.